The quantitative estimate of drug-likeness (QED) is 0.147. The first-order valence-electron chi connectivity index (χ1n) is 14.8. The Kier molecular flexibility index (Phi) is 14.3. The lowest BCUT2D eigenvalue weighted by molar-refractivity contribution is -0.386. The fourth-order valence-corrected chi connectivity index (χ4v) is 7.70. The second-order valence-corrected chi connectivity index (χ2v) is 14.4. The Morgan fingerprint density at radius 3 is 1.54 bits per heavy atom. The summed E-state index contributed by atoms with van der Waals surface area (Å²) in [4.78, 5) is 34.5. The van der Waals surface area contributed by atoms with Gasteiger partial charge in [-0.05, 0) is 69.7 Å². The van der Waals surface area contributed by atoms with Gasteiger partial charge < -0.3 is 34.9 Å². The molecule has 2 saturated heterocycles. The molecule has 22 heteroatoms. The van der Waals surface area contributed by atoms with E-state index >= 15 is 0 Å². The van der Waals surface area contributed by atoms with Crippen molar-refractivity contribution in [3.63, 3.8) is 0 Å². The van der Waals surface area contributed by atoms with Crippen molar-refractivity contribution in [1.82, 2.24) is 19.9 Å². The van der Waals surface area contributed by atoms with Crippen molar-refractivity contribution in [1.29, 1.82) is 0 Å². The molecule has 0 unspecified atom stereocenters. The molecule has 2 aliphatic heterocycles. The molecule has 4 N–H and O–H groups in total. The first-order chi connectivity index (χ1) is 22.8. The van der Waals surface area contributed by atoms with Crippen LogP contribution in [0.5, 0.6) is 0 Å². The smallest absolute Gasteiger partial charge is 0.343 e. The summed E-state index contributed by atoms with van der Waals surface area (Å²) in [5.41, 5.74) is 5.17. The van der Waals surface area contributed by atoms with E-state index in [1.54, 1.807) is 13.8 Å². The summed E-state index contributed by atoms with van der Waals surface area (Å²) in [5.74, 6) is -1.35. The zero-order chi connectivity index (χ0) is 36.6. The van der Waals surface area contributed by atoms with Gasteiger partial charge in [0.15, 0.2) is 11.6 Å². The molecule has 4 aliphatic rings. The van der Waals surface area contributed by atoms with E-state index in [0.29, 0.717) is 6.42 Å². The van der Waals surface area contributed by atoms with Gasteiger partial charge in [0.1, 0.15) is 11.8 Å². The molecule has 6 rings (SSSR count). The van der Waals surface area contributed by atoms with E-state index in [-0.39, 0.29) is 113 Å². The summed E-state index contributed by atoms with van der Waals surface area (Å²) in [5, 5.41) is 38.9. The van der Waals surface area contributed by atoms with Gasteiger partial charge >= 0.3 is 11.4 Å². The third kappa shape index (κ3) is 9.76. The minimum absolute atomic E-state index is 0. The second-order valence-electron chi connectivity index (χ2n) is 12.6. The summed E-state index contributed by atoms with van der Waals surface area (Å²) in [6.07, 6.45) is 1.07. The minimum Gasteiger partial charge on any atom is -0.396 e. The molecule has 0 radical (unpaired) electrons. The highest BCUT2D eigenvalue weighted by Gasteiger charge is 2.54. The third-order valence-corrected chi connectivity index (χ3v) is 9.40. The lowest BCUT2D eigenvalue weighted by Gasteiger charge is -2.22. The molecular weight excluding hydrogens is 772 g/mol. The largest absolute Gasteiger partial charge is 0.396 e. The van der Waals surface area contributed by atoms with Crippen molar-refractivity contribution >= 4 is 69.4 Å². The SMILES string of the molecule is C.CC1(C)O[C@@H]2[C@@H](CO)C[C@@H](Cc3nc(Cl)nc(Cl)c3[N+](=O)[O-])[C@@H]2O1.CC1(C)O[C@@H]2[C@@H](CO)C[C@@H](N)[C@@H]2O1.O=[N+]([O-])c1c(Cl)nc(Cl)nc1Cl. The van der Waals surface area contributed by atoms with Gasteiger partial charge in [-0.3, -0.25) is 20.2 Å². The van der Waals surface area contributed by atoms with Crippen LogP contribution in [0.15, 0.2) is 0 Å². The molecule has 4 fully saturated rings. The summed E-state index contributed by atoms with van der Waals surface area (Å²) < 4.78 is 23.1. The second kappa shape index (κ2) is 16.9. The van der Waals surface area contributed by atoms with Crippen LogP contribution >= 0.6 is 58.0 Å². The van der Waals surface area contributed by atoms with Gasteiger partial charge in [0, 0.05) is 37.5 Å². The zero-order valence-electron chi connectivity index (χ0n) is 26.5. The molecule has 280 valence electrons. The maximum absolute atomic E-state index is 11.3. The van der Waals surface area contributed by atoms with Crippen LogP contribution < -0.4 is 5.73 Å². The monoisotopic (exact) mass is 807 g/mol. The van der Waals surface area contributed by atoms with Gasteiger partial charge in [-0.1, -0.05) is 42.2 Å². The number of hydrogen-bond donors (Lipinski definition) is 3. The van der Waals surface area contributed by atoms with E-state index in [4.69, 9.17) is 87.8 Å². The summed E-state index contributed by atoms with van der Waals surface area (Å²) in [6.45, 7) is 7.47. The normalized spacial score (nSPS) is 29.8. The maximum atomic E-state index is 11.3. The highest BCUT2D eigenvalue weighted by Crippen LogP contribution is 2.46. The Bertz CT molecular complexity index is 1540. The highest BCUT2D eigenvalue weighted by atomic mass is 35.5. The Balaban J connectivity index is 0.000000220. The fraction of sp³-hybridized carbons (Fsp3) is 0.714. The van der Waals surface area contributed by atoms with Crippen molar-refractivity contribution < 1.29 is 39.0 Å². The Morgan fingerprint density at radius 1 is 0.700 bits per heavy atom. The Hall–Kier alpha value is -1.87. The third-order valence-electron chi connectivity index (χ3n) is 8.27. The first-order valence-corrected chi connectivity index (χ1v) is 16.7. The average Bonchev–Trinajstić information content (AvgIpc) is 3.65. The molecule has 17 nitrogen and oxygen atoms in total. The number of aliphatic hydroxyl groups excluding tert-OH is 2. The van der Waals surface area contributed by atoms with E-state index < -0.39 is 27.1 Å². The Labute approximate surface area is 312 Å². The van der Waals surface area contributed by atoms with Crippen LogP contribution in [0.1, 0.15) is 53.7 Å². The van der Waals surface area contributed by atoms with E-state index in [9.17, 15) is 25.3 Å². The van der Waals surface area contributed by atoms with E-state index in [2.05, 4.69) is 19.9 Å². The predicted molar refractivity (Wildman–Crippen MR) is 182 cm³/mol. The molecule has 2 aromatic rings. The van der Waals surface area contributed by atoms with Crippen molar-refractivity contribution in [3.8, 4) is 0 Å². The number of hydrogen-bond acceptors (Lipinski definition) is 15. The number of aliphatic hydroxyl groups is 2. The number of nitrogens with two attached hydrogens (primary N) is 1. The maximum Gasteiger partial charge on any atom is 0.343 e. The summed E-state index contributed by atoms with van der Waals surface area (Å²) in [7, 11) is 0. The number of rotatable bonds is 6. The van der Waals surface area contributed by atoms with Crippen molar-refractivity contribution in [2.75, 3.05) is 13.2 Å². The van der Waals surface area contributed by atoms with Crippen LogP contribution in [0.25, 0.3) is 0 Å². The molecule has 0 spiro atoms. The molecule has 2 aromatic heterocycles. The van der Waals surface area contributed by atoms with Gasteiger partial charge in [-0.25, -0.2) is 4.98 Å². The standard InChI is InChI=1S/C14H17Cl2N3O5.C9H17NO3.C4Cl3N3O2.CH4/c1-14(2)23-10-6(3-7(5-20)11(10)24-14)4-8-9(19(21)22)12(15)18-13(16)17-8;1-9(2)12-7-5(4-11)3-6(10)8(7)13-9;5-2-1(10(11)12)3(6)9-4(7)8-2;/h6-7,10-11,20H,3-5H2,1-2H3;5-8,11H,3-4,10H2,1-2H3;;1H4/t6-,7+,10-,11+;5-,6-,7-,8+;;/m01../s1. The minimum atomic E-state index is -0.777. The molecule has 0 bridgehead atoms. The molecule has 4 heterocycles. The van der Waals surface area contributed by atoms with Crippen molar-refractivity contribution in [2.45, 2.75) is 96.4 Å². The van der Waals surface area contributed by atoms with Crippen LogP contribution in [0.4, 0.5) is 11.4 Å². The lowest BCUT2D eigenvalue weighted by atomic mass is 9.97. The van der Waals surface area contributed by atoms with E-state index in [1.807, 2.05) is 13.8 Å². The number of nitro groups is 2. The molecular formula is C28H38Cl5N7O10. The van der Waals surface area contributed by atoms with Crippen LogP contribution in [-0.4, -0.2) is 95.2 Å². The first kappa shape index (κ1) is 42.5. The van der Waals surface area contributed by atoms with E-state index in [1.165, 1.54) is 0 Å². The van der Waals surface area contributed by atoms with Crippen molar-refractivity contribution in [3.05, 3.63) is 51.9 Å². The Morgan fingerprint density at radius 2 is 1.08 bits per heavy atom. The van der Waals surface area contributed by atoms with Gasteiger partial charge in [0.2, 0.25) is 26.0 Å². The zero-order valence-corrected chi connectivity index (χ0v) is 30.2. The van der Waals surface area contributed by atoms with Crippen LogP contribution in [0, 0.1) is 38.0 Å². The number of nitrogens with zero attached hydrogens (tertiary/aromatic N) is 6. The summed E-state index contributed by atoms with van der Waals surface area (Å²) >= 11 is 27.7. The molecule has 50 heavy (non-hydrogen) atoms. The van der Waals surface area contributed by atoms with Crippen LogP contribution in [0.2, 0.25) is 26.0 Å². The van der Waals surface area contributed by atoms with Gasteiger partial charge in [-0.2, -0.15) is 15.0 Å². The van der Waals surface area contributed by atoms with E-state index in [0.717, 1.165) is 6.42 Å². The van der Waals surface area contributed by atoms with Gasteiger partial charge in [-0.15, -0.1) is 0 Å². The number of ether oxygens (including phenoxy) is 4. The number of fused-ring (bicyclic) bond motifs is 2. The molecule has 0 amide bonds. The van der Waals surface area contributed by atoms with Crippen LogP contribution in [0.3, 0.4) is 0 Å². The molecule has 2 saturated carbocycles. The molecule has 8 atom stereocenters. The fourth-order valence-electron chi connectivity index (χ4n) is 6.43. The molecule has 2 aliphatic carbocycles. The predicted octanol–water partition coefficient (Wildman–Crippen LogP) is 5.21. The van der Waals surface area contributed by atoms with Crippen LogP contribution in [-0.2, 0) is 25.4 Å². The topological polar surface area (TPSA) is 241 Å². The average molecular weight is 810 g/mol. The van der Waals surface area contributed by atoms with Gasteiger partial charge in [0.25, 0.3) is 0 Å². The number of halogens is 5. The van der Waals surface area contributed by atoms with Gasteiger partial charge in [0.05, 0.1) is 28.2 Å². The lowest BCUT2D eigenvalue weighted by Crippen LogP contribution is -2.34. The number of aromatic nitrogens is 4. The molecule has 0 aromatic carbocycles. The summed E-state index contributed by atoms with van der Waals surface area (Å²) in [6, 6.07) is 0.00363. The highest BCUT2D eigenvalue weighted by molar-refractivity contribution is 6.38. The van der Waals surface area contributed by atoms with Crippen molar-refractivity contribution in [2.24, 2.45) is 23.5 Å².